The molecule has 1 fully saturated rings. The Bertz CT molecular complexity index is 437. The van der Waals surface area contributed by atoms with Crippen LogP contribution >= 0.6 is 0 Å². The standard InChI is InChI=1S/C12H22O7S/c1-12(2,3)11(13)17-7-9-8(19-20(5,14)15)6-10(16-4)18-9/h8-10H,6-7H2,1-5H3/t8-,9-,10+/m1/s1. The average Bonchev–Trinajstić information content (AvgIpc) is 2.64. The summed E-state index contributed by atoms with van der Waals surface area (Å²) in [5.41, 5.74) is -0.632. The smallest absolute Gasteiger partial charge is 0.311 e. The van der Waals surface area contributed by atoms with Crippen LogP contribution in [0.3, 0.4) is 0 Å². The zero-order valence-electron chi connectivity index (χ0n) is 12.4. The topological polar surface area (TPSA) is 88.1 Å². The predicted octanol–water partition coefficient (Wildman–Crippen LogP) is 0.682. The quantitative estimate of drug-likeness (QED) is 0.545. The molecule has 1 saturated heterocycles. The maximum Gasteiger partial charge on any atom is 0.311 e. The first-order valence-corrected chi connectivity index (χ1v) is 8.08. The fraction of sp³-hybridized carbons (Fsp3) is 0.917. The molecular formula is C12H22O7S. The van der Waals surface area contributed by atoms with Gasteiger partial charge in [-0.3, -0.25) is 8.98 Å². The molecule has 0 spiro atoms. The Morgan fingerprint density at radius 3 is 2.40 bits per heavy atom. The number of hydrogen-bond acceptors (Lipinski definition) is 7. The van der Waals surface area contributed by atoms with Crippen molar-refractivity contribution in [3.8, 4) is 0 Å². The van der Waals surface area contributed by atoms with Gasteiger partial charge in [0.25, 0.3) is 10.1 Å². The van der Waals surface area contributed by atoms with E-state index in [2.05, 4.69) is 0 Å². The van der Waals surface area contributed by atoms with E-state index in [4.69, 9.17) is 18.4 Å². The molecule has 0 bridgehead atoms. The lowest BCUT2D eigenvalue weighted by atomic mass is 9.97. The summed E-state index contributed by atoms with van der Waals surface area (Å²) < 4.78 is 42.9. The first-order chi connectivity index (χ1) is 9.03. The molecule has 0 aromatic carbocycles. The zero-order valence-corrected chi connectivity index (χ0v) is 13.2. The molecule has 1 rings (SSSR count). The van der Waals surface area contributed by atoms with Crippen molar-refractivity contribution >= 4 is 16.1 Å². The molecule has 8 heteroatoms. The minimum absolute atomic E-state index is 0.0733. The lowest BCUT2D eigenvalue weighted by Gasteiger charge is -2.21. The summed E-state index contributed by atoms with van der Waals surface area (Å²) in [5.74, 6) is -0.389. The van der Waals surface area contributed by atoms with Gasteiger partial charge in [0, 0.05) is 13.5 Å². The molecular weight excluding hydrogens is 288 g/mol. The molecule has 0 aromatic heterocycles. The van der Waals surface area contributed by atoms with E-state index in [1.165, 1.54) is 7.11 Å². The number of esters is 1. The Hall–Kier alpha value is -0.700. The molecule has 118 valence electrons. The summed E-state index contributed by atoms with van der Waals surface area (Å²) in [6.45, 7) is 5.12. The largest absolute Gasteiger partial charge is 0.462 e. The molecule has 0 saturated carbocycles. The molecule has 1 heterocycles. The molecule has 0 radical (unpaired) electrons. The SMILES string of the molecule is CO[C@@H]1C[C@@H](OS(C)(=O)=O)[C@@H](COC(=O)C(C)(C)C)O1. The van der Waals surface area contributed by atoms with Gasteiger partial charge in [-0.15, -0.1) is 0 Å². The van der Waals surface area contributed by atoms with Crippen LogP contribution in [-0.2, 0) is 33.3 Å². The van der Waals surface area contributed by atoms with E-state index >= 15 is 0 Å². The summed E-state index contributed by atoms with van der Waals surface area (Å²) in [7, 11) is -2.16. The summed E-state index contributed by atoms with van der Waals surface area (Å²) in [6.07, 6.45) is -0.726. The molecule has 0 unspecified atom stereocenters. The van der Waals surface area contributed by atoms with Crippen molar-refractivity contribution < 1.29 is 31.6 Å². The highest BCUT2D eigenvalue weighted by atomic mass is 32.2. The fourth-order valence-electron chi connectivity index (χ4n) is 1.68. The lowest BCUT2D eigenvalue weighted by Crippen LogP contribution is -2.34. The number of methoxy groups -OCH3 is 1. The van der Waals surface area contributed by atoms with E-state index < -0.39 is 34.0 Å². The molecule has 0 aliphatic carbocycles. The average molecular weight is 310 g/mol. The molecule has 7 nitrogen and oxygen atoms in total. The van der Waals surface area contributed by atoms with Crippen LogP contribution < -0.4 is 0 Å². The van der Waals surface area contributed by atoms with Crippen molar-refractivity contribution in [1.29, 1.82) is 0 Å². The van der Waals surface area contributed by atoms with Crippen LogP contribution in [0, 0.1) is 5.41 Å². The summed E-state index contributed by atoms with van der Waals surface area (Å²) in [6, 6.07) is 0. The van der Waals surface area contributed by atoms with Crippen LogP contribution in [0.2, 0.25) is 0 Å². The first-order valence-electron chi connectivity index (χ1n) is 6.26. The fourth-order valence-corrected chi connectivity index (χ4v) is 2.33. The number of ether oxygens (including phenoxy) is 3. The van der Waals surface area contributed by atoms with Gasteiger partial charge < -0.3 is 14.2 Å². The molecule has 0 N–H and O–H groups in total. The first kappa shape index (κ1) is 17.4. The molecule has 0 amide bonds. The number of carbonyl (C=O) groups is 1. The van der Waals surface area contributed by atoms with Crippen LogP contribution in [0.4, 0.5) is 0 Å². The summed E-state index contributed by atoms with van der Waals surface area (Å²) >= 11 is 0. The highest BCUT2D eigenvalue weighted by Crippen LogP contribution is 2.26. The van der Waals surface area contributed by atoms with E-state index in [0.29, 0.717) is 0 Å². The van der Waals surface area contributed by atoms with Gasteiger partial charge in [-0.1, -0.05) is 0 Å². The van der Waals surface area contributed by atoms with Crippen LogP contribution in [0.15, 0.2) is 0 Å². The van der Waals surface area contributed by atoms with Gasteiger partial charge in [-0.25, -0.2) is 0 Å². The van der Waals surface area contributed by atoms with Crippen molar-refractivity contribution in [2.24, 2.45) is 5.41 Å². The summed E-state index contributed by atoms with van der Waals surface area (Å²) in [5, 5.41) is 0. The Morgan fingerprint density at radius 2 is 1.95 bits per heavy atom. The minimum Gasteiger partial charge on any atom is -0.462 e. The van der Waals surface area contributed by atoms with Crippen molar-refractivity contribution in [2.45, 2.75) is 45.7 Å². The highest BCUT2D eigenvalue weighted by molar-refractivity contribution is 7.86. The van der Waals surface area contributed by atoms with E-state index in [1.807, 2.05) is 0 Å². The molecule has 1 aliphatic heterocycles. The van der Waals surface area contributed by atoms with Gasteiger partial charge in [0.05, 0.1) is 11.7 Å². The van der Waals surface area contributed by atoms with E-state index in [0.717, 1.165) is 6.26 Å². The maximum atomic E-state index is 11.7. The van der Waals surface area contributed by atoms with Gasteiger partial charge in [0.15, 0.2) is 6.29 Å². The molecule has 20 heavy (non-hydrogen) atoms. The second kappa shape index (κ2) is 6.38. The molecule has 1 aliphatic rings. The van der Waals surface area contributed by atoms with Gasteiger partial charge >= 0.3 is 5.97 Å². The second-order valence-electron chi connectivity index (χ2n) is 5.76. The number of rotatable bonds is 5. The van der Waals surface area contributed by atoms with Gasteiger partial charge in [0.1, 0.15) is 18.8 Å². The van der Waals surface area contributed by atoms with Crippen LogP contribution in [0.5, 0.6) is 0 Å². The minimum atomic E-state index is -3.62. The zero-order chi connectivity index (χ0) is 15.6. The molecule has 3 atom stereocenters. The maximum absolute atomic E-state index is 11.7. The Balaban J connectivity index is 2.63. The van der Waals surface area contributed by atoms with Crippen molar-refractivity contribution in [1.82, 2.24) is 0 Å². The second-order valence-corrected chi connectivity index (χ2v) is 7.36. The predicted molar refractivity (Wildman–Crippen MR) is 70.4 cm³/mol. The third kappa shape index (κ3) is 5.35. The third-order valence-electron chi connectivity index (χ3n) is 2.72. The normalized spacial score (nSPS) is 27.6. The van der Waals surface area contributed by atoms with Crippen LogP contribution in [0.1, 0.15) is 27.2 Å². The lowest BCUT2D eigenvalue weighted by molar-refractivity contribution is -0.165. The van der Waals surface area contributed by atoms with E-state index in [-0.39, 0.29) is 19.0 Å². The Kier molecular flexibility index (Phi) is 5.54. The molecule has 0 aromatic rings. The Labute approximate surface area is 119 Å². The van der Waals surface area contributed by atoms with Gasteiger partial charge in [-0.05, 0) is 20.8 Å². The van der Waals surface area contributed by atoms with E-state index in [1.54, 1.807) is 20.8 Å². The number of carbonyl (C=O) groups excluding carboxylic acids is 1. The van der Waals surface area contributed by atoms with Crippen molar-refractivity contribution in [2.75, 3.05) is 20.0 Å². The van der Waals surface area contributed by atoms with Crippen molar-refractivity contribution in [3.05, 3.63) is 0 Å². The third-order valence-corrected chi connectivity index (χ3v) is 3.32. The highest BCUT2D eigenvalue weighted by Gasteiger charge is 2.39. The van der Waals surface area contributed by atoms with E-state index in [9.17, 15) is 13.2 Å². The van der Waals surface area contributed by atoms with Crippen LogP contribution in [0.25, 0.3) is 0 Å². The number of hydrogen-bond donors (Lipinski definition) is 0. The van der Waals surface area contributed by atoms with Crippen LogP contribution in [-0.4, -0.2) is 52.9 Å². The van der Waals surface area contributed by atoms with Gasteiger partial charge in [0.2, 0.25) is 0 Å². The Morgan fingerprint density at radius 1 is 1.35 bits per heavy atom. The van der Waals surface area contributed by atoms with Crippen molar-refractivity contribution in [3.63, 3.8) is 0 Å². The monoisotopic (exact) mass is 310 g/mol. The summed E-state index contributed by atoms with van der Waals surface area (Å²) in [4.78, 5) is 11.7. The van der Waals surface area contributed by atoms with Gasteiger partial charge in [-0.2, -0.15) is 8.42 Å².